The maximum atomic E-state index is 13.2. The van der Waals surface area contributed by atoms with Crippen LogP contribution in [0.3, 0.4) is 0 Å². The molecule has 0 aliphatic rings. The number of aliphatic imine (C=N–C) groups is 1. The van der Waals surface area contributed by atoms with Crippen molar-refractivity contribution in [3.05, 3.63) is 52.6 Å². The molecule has 2 N–H and O–H groups in total. The summed E-state index contributed by atoms with van der Waals surface area (Å²) < 4.78 is 15.1. The van der Waals surface area contributed by atoms with Crippen molar-refractivity contribution in [1.82, 2.24) is 20.4 Å². The summed E-state index contributed by atoms with van der Waals surface area (Å²) in [7, 11) is 1.94. The second-order valence-corrected chi connectivity index (χ2v) is 5.45. The molecule has 0 saturated carbocycles. The Bertz CT molecular complexity index is 690. The van der Waals surface area contributed by atoms with Crippen molar-refractivity contribution < 1.29 is 4.39 Å². The first kappa shape index (κ1) is 17.0. The van der Waals surface area contributed by atoms with E-state index in [1.807, 2.05) is 38.6 Å². The molecule has 0 spiro atoms. The third kappa shape index (κ3) is 4.55. The molecule has 2 aromatic rings. The van der Waals surface area contributed by atoms with E-state index in [2.05, 4.69) is 20.7 Å². The highest BCUT2D eigenvalue weighted by molar-refractivity contribution is 5.79. The topological polar surface area (TPSA) is 54.2 Å². The number of guanidine groups is 1. The Balaban J connectivity index is 2.04. The van der Waals surface area contributed by atoms with E-state index in [1.165, 1.54) is 17.7 Å². The van der Waals surface area contributed by atoms with Gasteiger partial charge in [0.25, 0.3) is 0 Å². The summed E-state index contributed by atoms with van der Waals surface area (Å²) in [5.74, 6) is 0.469. The first-order chi connectivity index (χ1) is 11.0. The highest BCUT2D eigenvalue weighted by Gasteiger charge is 2.09. The van der Waals surface area contributed by atoms with Gasteiger partial charge in [0, 0.05) is 31.4 Å². The molecule has 1 heterocycles. The second kappa shape index (κ2) is 7.76. The third-order valence-electron chi connectivity index (χ3n) is 3.74. The number of hydrogen-bond acceptors (Lipinski definition) is 2. The predicted octanol–water partition coefficient (Wildman–Crippen LogP) is 2.43. The molecule has 0 radical (unpaired) electrons. The van der Waals surface area contributed by atoms with E-state index < -0.39 is 0 Å². The van der Waals surface area contributed by atoms with Crippen LogP contribution < -0.4 is 10.6 Å². The number of aryl methyl sites for hydroxylation is 2. The van der Waals surface area contributed by atoms with Crippen molar-refractivity contribution >= 4 is 5.96 Å². The van der Waals surface area contributed by atoms with Gasteiger partial charge in [-0.1, -0.05) is 12.1 Å². The van der Waals surface area contributed by atoms with Gasteiger partial charge in [0.2, 0.25) is 0 Å². The van der Waals surface area contributed by atoms with E-state index in [0.717, 1.165) is 23.5 Å². The van der Waals surface area contributed by atoms with Gasteiger partial charge in [-0.05, 0) is 38.5 Å². The normalized spacial score (nSPS) is 11.6. The Kier molecular flexibility index (Phi) is 5.73. The van der Waals surface area contributed by atoms with Crippen LogP contribution in [-0.4, -0.2) is 22.3 Å². The van der Waals surface area contributed by atoms with Gasteiger partial charge in [-0.3, -0.25) is 4.68 Å². The van der Waals surface area contributed by atoms with Crippen LogP contribution in [0.5, 0.6) is 0 Å². The molecule has 23 heavy (non-hydrogen) atoms. The van der Waals surface area contributed by atoms with Crippen molar-refractivity contribution in [3.63, 3.8) is 0 Å². The molecule has 1 aromatic heterocycles. The minimum Gasteiger partial charge on any atom is -0.357 e. The zero-order chi connectivity index (χ0) is 16.8. The fraction of sp³-hybridized carbons (Fsp3) is 0.412. The molecule has 0 fully saturated rings. The van der Waals surface area contributed by atoms with Crippen LogP contribution in [0.2, 0.25) is 0 Å². The number of halogens is 1. The van der Waals surface area contributed by atoms with Gasteiger partial charge in [0.1, 0.15) is 5.82 Å². The molecular weight excluding hydrogens is 293 g/mol. The zero-order valence-corrected chi connectivity index (χ0v) is 14.2. The number of nitrogens with zero attached hydrogens (tertiary/aromatic N) is 3. The minimum atomic E-state index is -0.239. The van der Waals surface area contributed by atoms with Gasteiger partial charge in [0.05, 0.1) is 12.2 Å². The van der Waals surface area contributed by atoms with Crippen LogP contribution in [0.1, 0.15) is 29.4 Å². The molecule has 6 heteroatoms. The SMILES string of the molecule is CCNC(=NCc1cccc(F)c1)NCc1c(C)nn(C)c1C. The lowest BCUT2D eigenvalue weighted by atomic mass is 10.2. The fourth-order valence-electron chi connectivity index (χ4n) is 2.39. The van der Waals surface area contributed by atoms with E-state index in [4.69, 9.17) is 0 Å². The highest BCUT2D eigenvalue weighted by Crippen LogP contribution is 2.11. The van der Waals surface area contributed by atoms with Crippen molar-refractivity contribution in [1.29, 1.82) is 0 Å². The Hall–Kier alpha value is -2.37. The van der Waals surface area contributed by atoms with Crippen molar-refractivity contribution in [2.24, 2.45) is 12.0 Å². The maximum Gasteiger partial charge on any atom is 0.191 e. The monoisotopic (exact) mass is 317 g/mol. The maximum absolute atomic E-state index is 13.2. The molecule has 0 bridgehead atoms. The Labute approximate surface area is 136 Å². The van der Waals surface area contributed by atoms with Crippen LogP contribution in [0.4, 0.5) is 4.39 Å². The van der Waals surface area contributed by atoms with Crippen molar-refractivity contribution in [2.75, 3.05) is 6.54 Å². The molecule has 1 aromatic carbocycles. The summed E-state index contributed by atoms with van der Waals surface area (Å²) in [6.07, 6.45) is 0. The van der Waals surface area contributed by atoms with Gasteiger partial charge < -0.3 is 10.6 Å². The van der Waals surface area contributed by atoms with Gasteiger partial charge in [-0.15, -0.1) is 0 Å². The van der Waals surface area contributed by atoms with Crippen LogP contribution in [0.15, 0.2) is 29.3 Å². The third-order valence-corrected chi connectivity index (χ3v) is 3.74. The van der Waals surface area contributed by atoms with E-state index in [1.54, 1.807) is 6.07 Å². The van der Waals surface area contributed by atoms with E-state index >= 15 is 0 Å². The average molecular weight is 317 g/mol. The van der Waals surface area contributed by atoms with Crippen LogP contribution in [0, 0.1) is 19.7 Å². The average Bonchev–Trinajstić information content (AvgIpc) is 2.75. The lowest BCUT2D eigenvalue weighted by molar-refractivity contribution is 0.625. The molecule has 0 unspecified atom stereocenters. The molecular formula is C17H24FN5. The van der Waals surface area contributed by atoms with Crippen molar-refractivity contribution in [2.45, 2.75) is 33.9 Å². The first-order valence-corrected chi connectivity index (χ1v) is 7.77. The highest BCUT2D eigenvalue weighted by atomic mass is 19.1. The lowest BCUT2D eigenvalue weighted by Gasteiger charge is -2.11. The number of nitrogens with one attached hydrogen (secondary N) is 2. The predicted molar refractivity (Wildman–Crippen MR) is 90.7 cm³/mol. The number of rotatable bonds is 5. The van der Waals surface area contributed by atoms with Gasteiger partial charge in [0.15, 0.2) is 5.96 Å². The summed E-state index contributed by atoms with van der Waals surface area (Å²) in [5, 5.41) is 10.9. The molecule has 0 aliphatic carbocycles. The fourth-order valence-corrected chi connectivity index (χ4v) is 2.39. The number of hydrogen-bond donors (Lipinski definition) is 2. The molecule has 0 aliphatic heterocycles. The Morgan fingerprint density at radius 1 is 1.30 bits per heavy atom. The summed E-state index contributed by atoms with van der Waals surface area (Å²) in [4.78, 5) is 4.51. The summed E-state index contributed by atoms with van der Waals surface area (Å²) >= 11 is 0. The van der Waals surface area contributed by atoms with Crippen LogP contribution in [0.25, 0.3) is 0 Å². The Morgan fingerprint density at radius 3 is 2.70 bits per heavy atom. The lowest BCUT2D eigenvalue weighted by Crippen LogP contribution is -2.37. The molecule has 0 atom stereocenters. The van der Waals surface area contributed by atoms with E-state index in [-0.39, 0.29) is 5.82 Å². The Morgan fingerprint density at radius 2 is 2.09 bits per heavy atom. The minimum absolute atomic E-state index is 0.239. The quantitative estimate of drug-likeness (QED) is 0.658. The van der Waals surface area contributed by atoms with E-state index in [9.17, 15) is 4.39 Å². The van der Waals surface area contributed by atoms with Gasteiger partial charge in [-0.2, -0.15) is 5.10 Å². The van der Waals surface area contributed by atoms with Gasteiger partial charge >= 0.3 is 0 Å². The number of benzene rings is 1. The molecule has 124 valence electrons. The number of aromatic nitrogens is 2. The van der Waals surface area contributed by atoms with Crippen LogP contribution in [-0.2, 0) is 20.1 Å². The molecule has 2 rings (SSSR count). The van der Waals surface area contributed by atoms with Crippen molar-refractivity contribution in [3.8, 4) is 0 Å². The standard InChI is InChI=1S/C17H24FN5/c1-5-19-17(20-10-14-7-6-8-15(18)9-14)21-11-16-12(2)22-23(4)13(16)3/h6-9H,5,10-11H2,1-4H3,(H2,19,20,21). The largest absolute Gasteiger partial charge is 0.357 e. The zero-order valence-electron chi connectivity index (χ0n) is 14.2. The second-order valence-electron chi connectivity index (χ2n) is 5.45. The summed E-state index contributed by atoms with van der Waals surface area (Å²) in [6, 6.07) is 6.50. The summed E-state index contributed by atoms with van der Waals surface area (Å²) in [6.45, 7) is 7.91. The van der Waals surface area contributed by atoms with Crippen LogP contribution >= 0.6 is 0 Å². The first-order valence-electron chi connectivity index (χ1n) is 7.77. The summed E-state index contributed by atoms with van der Waals surface area (Å²) in [5.41, 5.74) is 4.16. The molecule has 0 saturated heterocycles. The molecule has 5 nitrogen and oxygen atoms in total. The van der Waals surface area contributed by atoms with Gasteiger partial charge in [-0.25, -0.2) is 9.38 Å². The van der Waals surface area contributed by atoms with E-state index in [0.29, 0.717) is 19.0 Å². The molecule has 0 amide bonds. The smallest absolute Gasteiger partial charge is 0.191 e.